The van der Waals surface area contributed by atoms with Crippen LogP contribution in [-0.4, -0.2) is 57.9 Å². The van der Waals surface area contributed by atoms with E-state index in [0.29, 0.717) is 47.2 Å². The fraction of sp³-hybridized carbons (Fsp3) is 0.361. The van der Waals surface area contributed by atoms with Gasteiger partial charge >= 0.3 is 11.9 Å². The molecule has 2 aliphatic rings. The molecule has 3 aromatic rings. The van der Waals surface area contributed by atoms with E-state index in [1.165, 1.54) is 12.3 Å². The van der Waals surface area contributed by atoms with Crippen molar-refractivity contribution in [1.29, 1.82) is 0 Å². The number of ether oxygens (including phenoxy) is 8. The van der Waals surface area contributed by atoms with Crippen LogP contribution in [0.25, 0.3) is 22.3 Å². The van der Waals surface area contributed by atoms with Gasteiger partial charge < -0.3 is 42.3 Å². The Kier molecular flexibility index (Phi) is 12.5. The van der Waals surface area contributed by atoms with Gasteiger partial charge in [-0.15, -0.1) is 6.58 Å². The molecule has 0 unspecified atom stereocenters. The van der Waals surface area contributed by atoms with Crippen molar-refractivity contribution in [3.8, 4) is 28.6 Å². The first-order valence-electron chi connectivity index (χ1n) is 15.4. The molecular formula is C36H40O12. The summed E-state index contributed by atoms with van der Waals surface area (Å²) in [6, 6.07) is 10.1. The molecule has 0 spiro atoms. The third-order valence-corrected chi connectivity index (χ3v) is 6.79. The Morgan fingerprint density at radius 1 is 1.10 bits per heavy atom. The summed E-state index contributed by atoms with van der Waals surface area (Å²) in [5.74, 6) is 0.403. The Morgan fingerprint density at radius 3 is 2.58 bits per heavy atom. The molecule has 0 saturated heterocycles. The summed E-state index contributed by atoms with van der Waals surface area (Å²) in [6.45, 7) is 9.49. The van der Waals surface area contributed by atoms with Gasteiger partial charge in [-0.2, -0.15) is 0 Å². The Hall–Kier alpha value is -5.39. The van der Waals surface area contributed by atoms with Crippen molar-refractivity contribution in [2.45, 2.75) is 45.8 Å². The highest BCUT2D eigenvalue weighted by Gasteiger charge is 2.28. The normalized spacial score (nSPS) is 15.0. The van der Waals surface area contributed by atoms with Gasteiger partial charge in [0, 0.05) is 37.1 Å². The summed E-state index contributed by atoms with van der Waals surface area (Å²) in [6.07, 6.45) is 8.67. The number of allylic oxidation sites excluding steroid dienone is 2. The van der Waals surface area contributed by atoms with E-state index < -0.39 is 18.4 Å². The number of carbonyl (C=O) groups excluding carboxylic acids is 2. The summed E-state index contributed by atoms with van der Waals surface area (Å²) >= 11 is 0. The largest absolute Gasteiger partial charge is 0.497 e. The summed E-state index contributed by atoms with van der Waals surface area (Å²) in [4.78, 5) is 36.1. The second kappa shape index (κ2) is 17.0. The van der Waals surface area contributed by atoms with Gasteiger partial charge in [-0.1, -0.05) is 6.08 Å². The minimum Gasteiger partial charge on any atom is -0.497 e. The quantitative estimate of drug-likeness (QED) is 0.176. The molecule has 2 aliphatic heterocycles. The zero-order valence-corrected chi connectivity index (χ0v) is 27.5. The number of hydrogen-bond acceptors (Lipinski definition) is 12. The highest BCUT2D eigenvalue weighted by Crippen LogP contribution is 2.38. The van der Waals surface area contributed by atoms with E-state index in [-0.39, 0.29) is 47.9 Å². The molecular weight excluding hydrogens is 624 g/mol. The maximum atomic E-state index is 13.4. The van der Waals surface area contributed by atoms with Crippen LogP contribution in [0.5, 0.6) is 17.2 Å². The molecule has 0 N–H and O–H groups in total. The first kappa shape index (κ1) is 35.5. The van der Waals surface area contributed by atoms with Gasteiger partial charge in [0.2, 0.25) is 5.79 Å². The molecule has 0 saturated carbocycles. The summed E-state index contributed by atoms with van der Waals surface area (Å²) in [5, 5.41) is 0.177. The van der Waals surface area contributed by atoms with Crippen molar-refractivity contribution in [3.05, 3.63) is 89.2 Å². The monoisotopic (exact) mass is 664 g/mol. The zero-order chi connectivity index (χ0) is 34.5. The van der Waals surface area contributed by atoms with Crippen LogP contribution in [0.1, 0.15) is 39.2 Å². The molecule has 2 aromatic carbocycles. The molecule has 0 aliphatic carbocycles. The topological polar surface area (TPSA) is 138 Å². The summed E-state index contributed by atoms with van der Waals surface area (Å²) < 4.78 is 49.1. The third kappa shape index (κ3) is 9.81. The van der Waals surface area contributed by atoms with E-state index in [1.807, 2.05) is 6.08 Å². The SMILES string of the molecule is C=CCc1c(OCC2=COC(C)(C)O2)cc2oc(-c3ccc(OC)cc3)cc(=O)c2c1OCC(=O)OCC.O=C1COC=CCCCO1. The molecule has 12 heteroatoms. The number of cyclic esters (lactones) is 1. The fourth-order valence-electron chi connectivity index (χ4n) is 4.63. The maximum Gasteiger partial charge on any atom is 0.344 e. The number of carbonyl (C=O) groups is 2. The molecule has 0 amide bonds. The van der Waals surface area contributed by atoms with Gasteiger partial charge in [0.1, 0.15) is 46.8 Å². The smallest absolute Gasteiger partial charge is 0.344 e. The van der Waals surface area contributed by atoms with E-state index >= 15 is 0 Å². The molecule has 1 aromatic heterocycles. The van der Waals surface area contributed by atoms with Crippen molar-refractivity contribution in [3.63, 3.8) is 0 Å². The van der Waals surface area contributed by atoms with Crippen LogP contribution in [0.2, 0.25) is 0 Å². The Bertz CT molecular complexity index is 1700. The predicted molar refractivity (Wildman–Crippen MR) is 176 cm³/mol. The lowest BCUT2D eigenvalue weighted by Crippen LogP contribution is -2.21. The second-order valence-corrected chi connectivity index (χ2v) is 10.9. The van der Waals surface area contributed by atoms with Crippen molar-refractivity contribution < 1.29 is 51.9 Å². The molecule has 12 nitrogen and oxygen atoms in total. The molecule has 256 valence electrons. The molecule has 0 bridgehead atoms. The van der Waals surface area contributed by atoms with Gasteiger partial charge in [-0.3, -0.25) is 4.79 Å². The van der Waals surface area contributed by atoms with Gasteiger partial charge in [-0.25, -0.2) is 9.59 Å². The van der Waals surface area contributed by atoms with E-state index in [1.54, 1.807) is 70.6 Å². The van der Waals surface area contributed by atoms with Crippen molar-refractivity contribution >= 4 is 22.9 Å². The Morgan fingerprint density at radius 2 is 1.90 bits per heavy atom. The molecule has 0 fully saturated rings. The van der Waals surface area contributed by atoms with Crippen molar-refractivity contribution in [2.24, 2.45) is 0 Å². The molecule has 48 heavy (non-hydrogen) atoms. The zero-order valence-electron chi connectivity index (χ0n) is 27.5. The average Bonchev–Trinajstić information content (AvgIpc) is 3.48. The number of benzene rings is 2. The molecule has 0 radical (unpaired) electrons. The maximum absolute atomic E-state index is 13.4. The minimum atomic E-state index is -0.792. The molecule has 0 atom stereocenters. The van der Waals surface area contributed by atoms with Crippen LogP contribution < -0.4 is 19.6 Å². The molecule has 3 heterocycles. The van der Waals surface area contributed by atoms with Crippen molar-refractivity contribution in [1.82, 2.24) is 0 Å². The third-order valence-electron chi connectivity index (χ3n) is 6.79. The first-order chi connectivity index (χ1) is 23.1. The van der Waals surface area contributed by atoms with Crippen LogP contribution >= 0.6 is 0 Å². The van der Waals surface area contributed by atoms with Gasteiger partial charge in [0.05, 0.1) is 26.6 Å². The van der Waals surface area contributed by atoms with Crippen LogP contribution in [0.3, 0.4) is 0 Å². The van der Waals surface area contributed by atoms with E-state index in [2.05, 4.69) is 6.58 Å². The number of esters is 2. The highest BCUT2D eigenvalue weighted by atomic mass is 16.7. The number of fused-ring (bicyclic) bond motifs is 1. The average molecular weight is 665 g/mol. The van der Waals surface area contributed by atoms with Crippen molar-refractivity contribution in [2.75, 3.05) is 40.1 Å². The first-order valence-corrected chi connectivity index (χ1v) is 15.4. The Labute approximate surface area is 278 Å². The van der Waals surface area contributed by atoms with E-state index in [9.17, 15) is 14.4 Å². The standard InChI is InChI=1S/C29H30O9.C7H10O3/c1-6-8-21-24(34-15-20-16-36-29(3,4)38-20)14-25-27(28(21)35-17-26(31)33-7-2)22(30)13-23(37-25)18-9-11-19(32-5)12-10-18;8-7-6-9-4-2-1-3-5-10-7/h6,9-14,16H,1,7-8,15,17H2,2-5H3;2,4H,1,3,5-6H2. The number of hydrogen-bond donors (Lipinski definition) is 0. The van der Waals surface area contributed by atoms with Gasteiger partial charge in [0.25, 0.3) is 0 Å². The van der Waals surface area contributed by atoms with Crippen LogP contribution in [-0.2, 0) is 39.7 Å². The van der Waals surface area contributed by atoms with Crippen LogP contribution in [0, 0.1) is 0 Å². The Balaban J connectivity index is 0.000000445. The fourth-order valence-corrected chi connectivity index (χ4v) is 4.63. The number of rotatable bonds is 11. The van der Waals surface area contributed by atoms with Gasteiger partial charge in [0.15, 0.2) is 24.4 Å². The summed E-state index contributed by atoms with van der Waals surface area (Å²) in [5.41, 5.74) is 1.09. The van der Waals surface area contributed by atoms with E-state index in [0.717, 1.165) is 12.8 Å². The lowest BCUT2D eigenvalue weighted by molar-refractivity contribution is -0.147. The summed E-state index contributed by atoms with van der Waals surface area (Å²) in [7, 11) is 1.57. The predicted octanol–water partition coefficient (Wildman–Crippen LogP) is 6.00. The highest BCUT2D eigenvalue weighted by molar-refractivity contribution is 5.89. The van der Waals surface area contributed by atoms with E-state index in [4.69, 9.17) is 42.3 Å². The lowest BCUT2D eigenvalue weighted by atomic mass is 10.0. The second-order valence-electron chi connectivity index (χ2n) is 10.9. The lowest BCUT2D eigenvalue weighted by Gasteiger charge is -2.20. The van der Waals surface area contributed by atoms with Crippen LogP contribution in [0.15, 0.2) is 82.6 Å². The number of methoxy groups -OCH3 is 1. The van der Waals surface area contributed by atoms with Crippen LogP contribution in [0.4, 0.5) is 0 Å². The van der Waals surface area contributed by atoms with Gasteiger partial charge in [-0.05, 0) is 56.5 Å². The minimum absolute atomic E-state index is 0.0382. The molecule has 5 rings (SSSR count).